The van der Waals surface area contributed by atoms with Crippen molar-refractivity contribution in [2.75, 3.05) is 14.2 Å². The summed E-state index contributed by atoms with van der Waals surface area (Å²) in [7, 11) is 5.10. The van der Waals surface area contributed by atoms with E-state index in [0.29, 0.717) is 29.6 Å². The number of hydrogen-bond donors (Lipinski definition) is 0. The third-order valence-electron chi connectivity index (χ3n) is 4.05. The van der Waals surface area contributed by atoms with Gasteiger partial charge in [-0.2, -0.15) is 8.78 Å². The van der Waals surface area contributed by atoms with Crippen molar-refractivity contribution in [3.63, 3.8) is 0 Å². The van der Waals surface area contributed by atoms with E-state index in [2.05, 4.69) is 9.84 Å². The van der Waals surface area contributed by atoms with Crippen LogP contribution in [-0.2, 0) is 20.3 Å². The summed E-state index contributed by atoms with van der Waals surface area (Å²) < 4.78 is 44.2. The molecule has 2 aromatic heterocycles. The summed E-state index contributed by atoms with van der Waals surface area (Å²) in [6, 6.07) is 8.52. The van der Waals surface area contributed by atoms with Crippen LogP contribution in [0.1, 0.15) is 5.56 Å². The minimum absolute atomic E-state index is 0.00190. The number of rotatable bonds is 8. The highest BCUT2D eigenvalue weighted by Gasteiger charge is 2.15. The van der Waals surface area contributed by atoms with Crippen molar-refractivity contribution in [3.8, 4) is 23.1 Å². The van der Waals surface area contributed by atoms with Gasteiger partial charge in [0.2, 0.25) is 0 Å². The average molecular weight is 410 g/mol. The van der Waals surface area contributed by atoms with E-state index in [9.17, 15) is 8.78 Å². The van der Waals surface area contributed by atoms with Crippen molar-refractivity contribution < 1.29 is 22.7 Å². The molecule has 0 saturated carbocycles. The Morgan fingerprint density at radius 1 is 1.29 bits per heavy atom. The van der Waals surface area contributed by atoms with Gasteiger partial charge >= 0.3 is 6.61 Å². The number of hydrogen-bond acceptors (Lipinski definition) is 6. The molecule has 0 spiro atoms. The lowest BCUT2D eigenvalue weighted by Gasteiger charge is -2.18. The van der Waals surface area contributed by atoms with Gasteiger partial charge in [-0.3, -0.25) is 4.90 Å². The molecule has 0 bridgehead atoms. The summed E-state index contributed by atoms with van der Waals surface area (Å²) in [6.07, 6.45) is 1.58. The fourth-order valence-electron chi connectivity index (χ4n) is 2.80. The number of ether oxygens (including phenoxy) is 2. The van der Waals surface area contributed by atoms with Crippen molar-refractivity contribution >= 4 is 12.2 Å². The number of benzene rings is 1. The molecule has 0 amide bonds. The van der Waals surface area contributed by atoms with Gasteiger partial charge in [0, 0.05) is 13.6 Å². The molecule has 0 aliphatic rings. The number of aromatic nitrogens is 3. The first-order chi connectivity index (χ1) is 13.4. The average Bonchev–Trinajstić information content (AvgIpc) is 3.26. The quantitative estimate of drug-likeness (QED) is 0.525. The summed E-state index contributed by atoms with van der Waals surface area (Å²) in [6.45, 7) is -2.04. The Balaban J connectivity index is 1.75. The van der Waals surface area contributed by atoms with Crippen LogP contribution in [0, 0.1) is 4.77 Å². The van der Waals surface area contributed by atoms with Gasteiger partial charge < -0.3 is 18.5 Å². The highest BCUT2D eigenvalue weighted by Crippen LogP contribution is 2.30. The molecule has 3 rings (SSSR count). The normalized spacial score (nSPS) is 11.4. The zero-order valence-corrected chi connectivity index (χ0v) is 16.4. The Kier molecular flexibility index (Phi) is 6.10. The zero-order chi connectivity index (χ0) is 20.3. The number of halogens is 2. The third kappa shape index (κ3) is 4.39. The van der Waals surface area contributed by atoms with Crippen LogP contribution in [0.3, 0.4) is 0 Å². The lowest BCUT2D eigenvalue weighted by molar-refractivity contribution is -0.0512. The van der Waals surface area contributed by atoms with Gasteiger partial charge in [-0.15, -0.1) is 5.10 Å². The predicted octanol–water partition coefficient (Wildman–Crippen LogP) is 3.91. The van der Waals surface area contributed by atoms with Crippen LogP contribution in [0.4, 0.5) is 8.78 Å². The molecule has 0 fully saturated rings. The van der Waals surface area contributed by atoms with Crippen LogP contribution < -0.4 is 9.47 Å². The molecule has 0 radical (unpaired) electrons. The zero-order valence-electron chi connectivity index (χ0n) is 15.6. The molecule has 0 N–H and O–H groups in total. The Labute approximate surface area is 165 Å². The van der Waals surface area contributed by atoms with E-state index < -0.39 is 6.61 Å². The molecule has 0 aliphatic heterocycles. The standard InChI is InChI=1S/C18H20F2N4O3S/c1-22(10-12-6-7-13(25-3)15(9-12)27-17(19)20)11-24-18(28)23(2)16(21-24)14-5-4-8-26-14/h4-9,17H,10-11H2,1-3H3. The Bertz CT molecular complexity index is 985. The number of furan rings is 1. The van der Waals surface area contributed by atoms with E-state index in [0.717, 1.165) is 5.56 Å². The van der Waals surface area contributed by atoms with Gasteiger partial charge in [0.15, 0.2) is 27.9 Å². The Morgan fingerprint density at radius 3 is 2.71 bits per heavy atom. The van der Waals surface area contributed by atoms with Crippen molar-refractivity contribution in [2.24, 2.45) is 7.05 Å². The molecule has 150 valence electrons. The third-order valence-corrected chi connectivity index (χ3v) is 4.54. The molecule has 28 heavy (non-hydrogen) atoms. The molecule has 10 heteroatoms. The van der Waals surface area contributed by atoms with Gasteiger partial charge in [0.1, 0.15) is 0 Å². The molecular formula is C18H20F2N4O3S. The van der Waals surface area contributed by atoms with Crippen molar-refractivity contribution in [1.29, 1.82) is 0 Å². The Morgan fingerprint density at radius 2 is 2.07 bits per heavy atom. The topological polar surface area (TPSA) is 57.6 Å². The second kappa shape index (κ2) is 8.53. The lowest BCUT2D eigenvalue weighted by Crippen LogP contribution is -2.22. The maximum atomic E-state index is 12.6. The molecule has 0 aliphatic carbocycles. The van der Waals surface area contributed by atoms with Crippen LogP contribution in [-0.4, -0.2) is 40.0 Å². The molecule has 0 atom stereocenters. The van der Waals surface area contributed by atoms with Gasteiger partial charge in [-0.1, -0.05) is 6.07 Å². The fourth-order valence-corrected chi connectivity index (χ4v) is 2.98. The van der Waals surface area contributed by atoms with Gasteiger partial charge in [-0.25, -0.2) is 4.68 Å². The summed E-state index contributed by atoms with van der Waals surface area (Å²) in [4.78, 5) is 1.95. The molecule has 3 aromatic rings. The summed E-state index contributed by atoms with van der Waals surface area (Å²) >= 11 is 5.45. The van der Waals surface area contributed by atoms with Crippen molar-refractivity contribution in [1.82, 2.24) is 19.2 Å². The largest absolute Gasteiger partial charge is 0.493 e. The second-order valence-corrected chi connectivity index (χ2v) is 6.53. The van der Waals surface area contributed by atoms with Crippen LogP contribution in [0.2, 0.25) is 0 Å². The van der Waals surface area contributed by atoms with Gasteiger partial charge in [0.25, 0.3) is 0 Å². The highest BCUT2D eigenvalue weighted by molar-refractivity contribution is 7.71. The first-order valence-electron chi connectivity index (χ1n) is 8.37. The fraction of sp³-hybridized carbons (Fsp3) is 0.333. The maximum absolute atomic E-state index is 12.6. The van der Waals surface area contributed by atoms with E-state index in [-0.39, 0.29) is 11.5 Å². The monoisotopic (exact) mass is 410 g/mol. The highest BCUT2D eigenvalue weighted by atomic mass is 32.1. The lowest BCUT2D eigenvalue weighted by atomic mass is 10.2. The molecular weight excluding hydrogens is 390 g/mol. The first-order valence-corrected chi connectivity index (χ1v) is 8.78. The summed E-state index contributed by atoms with van der Waals surface area (Å²) in [5.41, 5.74) is 0.785. The van der Waals surface area contributed by atoms with E-state index in [1.54, 1.807) is 33.7 Å². The smallest absolute Gasteiger partial charge is 0.387 e. The maximum Gasteiger partial charge on any atom is 0.387 e. The number of methoxy groups -OCH3 is 1. The Hall–Kier alpha value is -2.72. The molecule has 7 nitrogen and oxygen atoms in total. The molecule has 0 unspecified atom stereocenters. The van der Waals surface area contributed by atoms with E-state index in [1.165, 1.54) is 13.2 Å². The van der Waals surface area contributed by atoms with Crippen molar-refractivity contribution in [2.45, 2.75) is 19.8 Å². The number of nitrogens with zero attached hydrogens (tertiary/aromatic N) is 4. The summed E-state index contributed by atoms with van der Waals surface area (Å²) in [5, 5.41) is 4.51. The van der Waals surface area contributed by atoms with Gasteiger partial charge in [0.05, 0.1) is 20.0 Å². The predicted molar refractivity (Wildman–Crippen MR) is 101 cm³/mol. The van der Waals surface area contributed by atoms with Crippen molar-refractivity contribution in [3.05, 3.63) is 46.9 Å². The summed E-state index contributed by atoms with van der Waals surface area (Å²) in [5.74, 6) is 1.50. The minimum atomic E-state index is -2.92. The van der Waals surface area contributed by atoms with Crippen LogP contribution in [0.25, 0.3) is 11.6 Å². The van der Waals surface area contributed by atoms with Crippen LogP contribution in [0.15, 0.2) is 41.0 Å². The molecule has 0 saturated heterocycles. The van der Waals surface area contributed by atoms with Crippen LogP contribution >= 0.6 is 12.2 Å². The second-order valence-electron chi connectivity index (χ2n) is 6.16. The first kappa shape index (κ1) is 20.0. The van der Waals surface area contributed by atoms with E-state index in [1.807, 2.05) is 25.1 Å². The van der Waals surface area contributed by atoms with Crippen LogP contribution in [0.5, 0.6) is 11.5 Å². The SMILES string of the molecule is COc1ccc(CN(C)Cn2nc(-c3ccco3)n(C)c2=S)cc1OC(F)F. The van der Waals surface area contributed by atoms with E-state index in [4.69, 9.17) is 21.4 Å². The molecule has 2 heterocycles. The van der Waals surface area contributed by atoms with Gasteiger partial charge in [-0.05, 0) is 49.1 Å². The minimum Gasteiger partial charge on any atom is -0.493 e. The number of alkyl halides is 2. The molecule has 1 aromatic carbocycles. The van der Waals surface area contributed by atoms with E-state index >= 15 is 0 Å².